The van der Waals surface area contributed by atoms with E-state index in [-0.39, 0.29) is 5.91 Å². The van der Waals surface area contributed by atoms with Crippen molar-refractivity contribution in [1.82, 2.24) is 24.5 Å². The molecule has 2 rings (SSSR count). The Balaban J connectivity index is 2.56. The minimum atomic E-state index is -0.0554. The first-order valence-corrected chi connectivity index (χ1v) is 6.31. The van der Waals surface area contributed by atoms with Crippen LogP contribution in [0.15, 0.2) is 6.20 Å². The summed E-state index contributed by atoms with van der Waals surface area (Å²) in [7, 11) is 1.76. The van der Waals surface area contributed by atoms with Crippen molar-refractivity contribution in [2.75, 3.05) is 25.5 Å². The lowest BCUT2D eigenvalue weighted by atomic mass is 10.3. The van der Waals surface area contributed by atoms with Gasteiger partial charge in [-0.15, -0.1) is 0 Å². The van der Waals surface area contributed by atoms with E-state index >= 15 is 0 Å². The van der Waals surface area contributed by atoms with Gasteiger partial charge in [0.05, 0.1) is 6.20 Å². The van der Waals surface area contributed by atoms with Gasteiger partial charge in [-0.2, -0.15) is 14.6 Å². The van der Waals surface area contributed by atoms with Crippen LogP contribution in [0.3, 0.4) is 0 Å². The Bertz CT molecular complexity index is 602. The summed E-state index contributed by atoms with van der Waals surface area (Å²) < 4.78 is 1.55. The first-order valence-electron chi connectivity index (χ1n) is 6.31. The minimum Gasteiger partial charge on any atom is -0.357 e. The van der Waals surface area contributed by atoms with Crippen LogP contribution in [0.1, 0.15) is 30.0 Å². The number of nitrogens with one attached hydrogen (secondary N) is 1. The molecule has 1 amide bonds. The van der Waals surface area contributed by atoms with Crippen LogP contribution >= 0.6 is 0 Å². The molecule has 0 aliphatic rings. The van der Waals surface area contributed by atoms with E-state index in [0.717, 1.165) is 0 Å². The third kappa shape index (κ3) is 2.23. The van der Waals surface area contributed by atoms with E-state index in [4.69, 9.17) is 0 Å². The first-order chi connectivity index (χ1) is 9.12. The highest BCUT2D eigenvalue weighted by Gasteiger charge is 2.20. The number of nitrogens with zero attached hydrogens (tertiary/aromatic N) is 5. The van der Waals surface area contributed by atoms with Gasteiger partial charge in [-0.3, -0.25) is 4.79 Å². The van der Waals surface area contributed by atoms with Gasteiger partial charge in [-0.05, 0) is 20.8 Å². The Labute approximate surface area is 111 Å². The molecule has 0 bridgehead atoms. The molecule has 2 heterocycles. The number of hydrogen-bond donors (Lipinski definition) is 1. The molecule has 0 saturated carbocycles. The fourth-order valence-electron chi connectivity index (χ4n) is 1.98. The average Bonchev–Trinajstić information content (AvgIpc) is 2.82. The molecular weight excluding hydrogens is 244 g/mol. The van der Waals surface area contributed by atoms with Crippen molar-refractivity contribution >= 4 is 17.5 Å². The van der Waals surface area contributed by atoms with Crippen LogP contribution < -0.4 is 5.32 Å². The van der Waals surface area contributed by atoms with Crippen LogP contribution in [0.4, 0.5) is 5.95 Å². The van der Waals surface area contributed by atoms with E-state index < -0.39 is 0 Å². The normalized spacial score (nSPS) is 10.7. The van der Waals surface area contributed by atoms with Crippen molar-refractivity contribution in [2.45, 2.75) is 20.8 Å². The predicted molar refractivity (Wildman–Crippen MR) is 72.3 cm³/mol. The molecule has 0 aliphatic heterocycles. The largest absolute Gasteiger partial charge is 0.357 e. The van der Waals surface area contributed by atoms with Gasteiger partial charge in [0.25, 0.3) is 5.91 Å². The summed E-state index contributed by atoms with van der Waals surface area (Å²) in [5.74, 6) is 1.12. The number of anilines is 1. The van der Waals surface area contributed by atoms with E-state index in [1.54, 1.807) is 29.6 Å². The molecule has 0 atom stereocenters. The second-order valence-electron chi connectivity index (χ2n) is 4.12. The summed E-state index contributed by atoms with van der Waals surface area (Å²) in [4.78, 5) is 22.7. The van der Waals surface area contributed by atoms with Crippen LogP contribution in [-0.4, -0.2) is 50.5 Å². The maximum atomic E-state index is 12.4. The van der Waals surface area contributed by atoms with Crippen molar-refractivity contribution in [2.24, 2.45) is 0 Å². The topological polar surface area (TPSA) is 75.4 Å². The van der Waals surface area contributed by atoms with Crippen molar-refractivity contribution in [3.8, 4) is 0 Å². The summed E-state index contributed by atoms with van der Waals surface area (Å²) >= 11 is 0. The van der Waals surface area contributed by atoms with Crippen molar-refractivity contribution < 1.29 is 4.79 Å². The van der Waals surface area contributed by atoms with E-state index in [1.165, 1.54) is 0 Å². The molecule has 2 aromatic rings. The van der Waals surface area contributed by atoms with Gasteiger partial charge in [0, 0.05) is 20.1 Å². The lowest BCUT2D eigenvalue weighted by molar-refractivity contribution is 0.0774. The first kappa shape index (κ1) is 13.3. The second-order valence-corrected chi connectivity index (χ2v) is 4.12. The molecular formula is C12H18N6O. The summed E-state index contributed by atoms with van der Waals surface area (Å²) in [6.45, 7) is 7.02. The Kier molecular flexibility index (Phi) is 3.64. The number of carbonyl (C=O) groups excluding carboxylic acids is 1. The summed E-state index contributed by atoms with van der Waals surface area (Å²) in [5.41, 5.74) is 1.04. The molecule has 1 N–H and O–H groups in total. The average molecular weight is 262 g/mol. The fourth-order valence-corrected chi connectivity index (χ4v) is 1.98. The van der Waals surface area contributed by atoms with Gasteiger partial charge in [-0.25, -0.2) is 4.98 Å². The van der Waals surface area contributed by atoms with E-state index in [2.05, 4.69) is 20.4 Å². The molecule has 0 radical (unpaired) electrons. The van der Waals surface area contributed by atoms with Crippen molar-refractivity contribution in [3.63, 3.8) is 0 Å². The third-order valence-electron chi connectivity index (χ3n) is 2.98. The zero-order valence-electron chi connectivity index (χ0n) is 11.6. The van der Waals surface area contributed by atoms with Crippen molar-refractivity contribution in [3.05, 3.63) is 17.6 Å². The molecule has 0 aromatic carbocycles. The Morgan fingerprint density at radius 3 is 2.63 bits per heavy atom. The second kappa shape index (κ2) is 5.21. The molecule has 2 aromatic heterocycles. The number of aromatic nitrogens is 4. The molecule has 0 fully saturated rings. The minimum absolute atomic E-state index is 0.0554. The zero-order valence-corrected chi connectivity index (χ0v) is 11.6. The molecule has 0 saturated heterocycles. The standard InChI is InChI=1S/C12H18N6O/c1-5-17(6-2)11(19)9-7-14-18-10(9)15-8(3)16-12(18)13-4/h7H,5-6H2,1-4H3,(H,13,15,16). The van der Waals surface area contributed by atoms with Gasteiger partial charge in [0.15, 0.2) is 5.65 Å². The van der Waals surface area contributed by atoms with Gasteiger partial charge in [0.2, 0.25) is 5.95 Å². The quantitative estimate of drug-likeness (QED) is 0.888. The molecule has 19 heavy (non-hydrogen) atoms. The molecule has 7 nitrogen and oxygen atoms in total. The van der Waals surface area contributed by atoms with Crippen LogP contribution in [0.5, 0.6) is 0 Å². The number of rotatable bonds is 4. The Morgan fingerprint density at radius 2 is 2.05 bits per heavy atom. The van der Waals surface area contributed by atoms with Crippen LogP contribution in [0.25, 0.3) is 5.65 Å². The molecule has 0 spiro atoms. The maximum absolute atomic E-state index is 12.4. The van der Waals surface area contributed by atoms with Gasteiger partial charge < -0.3 is 10.2 Å². The number of carbonyl (C=O) groups is 1. The molecule has 7 heteroatoms. The highest BCUT2D eigenvalue weighted by Crippen LogP contribution is 2.14. The smallest absolute Gasteiger partial charge is 0.259 e. The third-order valence-corrected chi connectivity index (χ3v) is 2.98. The Hall–Kier alpha value is -2.18. The van der Waals surface area contributed by atoms with E-state index in [1.807, 2.05) is 13.8 Å². The summed E-state index contributed by atoms with van der Waals surface area (Å²) in [5, 5.41) is 7.13. The highest BCUT2D eigenvalue weighted by molar-refractivity contribution is 5.99. The van der Waals surface area contributed by atoms with Crippen LogP contribution in [-0.2, 0) is 0 Å². The summed E-state index contributed by atoms with van der Waals surface area (Å²) in [6.07, 6.45) is 1.55. The van der Waals surface area contributed by atoms with Crippen molar-refractivity contribution in [1.29, 1.82) is 0 Å². The number of fused-ring (bicyclic) bond motifs is 1. The van der Waals surface area contributed by atoms with E-state index in [9.17, 15) is 4.79 Å². The molecule has 102 valence electrons. The SMILES string of the molecule is CCN(CC)C(=O)c1cnn2c(NC)nc(C)nc12. The lowest BCUT2D eigenvalue weighted by Gasteiger charge is -2.17. The van der Waals surface area contributed by atoms with Crippen LogP contribution in [0, 0.1) is 6.92 Å². The Morgan fingerprint density at radius 1 is 1.37 bits per heavy atom. The van der Waals surface area contributed by atoms with Gasteiger partial charge >= 0.3 is 0 Å². The number of amides is 1. The monoisotopic (exact) mass is 262 g/mol. The van der Waals surface area contributed by atoms with Crippen LogP contribution in [0.2, 0.25) is 0 Å². The fraction of sp³-hybridized carbons (Fsp3) is 0.500. The highest BCUT2D eigenvalue weighted by atomic mass is 16.2. The van der Waals surface area contributed by atoms with Gasteiger partial charge in [0.1, 0.15) is 11.4 Å². The molecule has 0 aliphatic carbocycles. The lowest BCUT2D eigenvalue weighted by Crippen LogP contribution is -2.30. The maximum Gasteiger partial charge on any atom is 0.259 e. The van der Waals surface area contributed by atoms with E-state index in [0.29, 0.717) is 36.1 Å². The zero-order chi connectivity index (χ0) is 14.0. The number of aryl methyl sites for hydroxylation is 1. The molecule has 0 unspecified atom stereocenters. The predicted octanol–water partition coefficient (Wildman–Crippen LogP) is 0.956. The van der Waals surface area contributed by atoms with Gasteiger partial charge in [-0.1, -0.05) is 0 Å². The summed E-state index contributed by atoms with van der Waals surface area (Å²) in [6, 6.07) is 0. The number of hydrogen-bond acceptors (Lipinski definition) is 5.